The predicted molar refractivity (Wildman–Crippen MR) is 139 cm³/mol. The van der Waals surface area contributed by atoms with Gasteiger partial charge in [-0.25, -0.2) is 14.6 Å². The number of nitrogens with zero attached hydrogens (tertiary/aromatic N) is 4. The fourth-order valence-electron chi connectivity index (χ4n) is 4.42. The molecule has 0 bridgehead atoms. The number of likely N-dealkylation sites (tertiary alicyclic amines) is 1. The largest absolute Gasteiger partial charge is 0.497 e. The number of rotatable bonds is 7. The summed E-state index contributed by atoms with van der Waals surface area (Å²) in [4.78, 5) is 47.5. The number of ether oxygens (including phenoxy) is 1. The highest BCUT2D eigenvalue weighted by atomic mass is 19.4. The van der Waals surface area contributed by atoms with E-state index in [0.717, 1.165) is 4.68 Å². The Kier molecular flexibility index (Phi) is 8.07. The molecular formula is C26H26F3N7O4. The van der Waals surface area contributed by atoms with Crippen molar-refractivity contribution in [1.29, 1.82) is 0 Å². The predicted octanol–water partition coefficient (Wildman–Crippen LogP) is 3.19. The number of carbonyl (C=O) groups is 3. The van der Waals surface area contributed by atoms with Crippen molar-refractivity contribution in [1.82, 2.24) is 19.5 Å². The molecule has 4 rings (SSSR count). The minimum absolute atomic E-state index is 0.100. The molecule has 0 unspecified atom stereocenters. The van der Waals surface area contributed by atoms with Gasteiger partial charge in [0.05, 0.1) is 13.2 Å². The second-order valence-electron chi connectivity index (χ2n) is 8.93. The molecule has 3 amide bonds. The fourth-order valence-corrected chi connectivity index (χ4v) is 4.42. The smallest absolute Gasteiger partial charge is 0.409 e. The highest BCUT2D eigenvalue weighted by molar-refractivity contribution is 6.04. The van der Waals surface area contributed by atoms with Gasteiger partial charge in [-0.3, -0.25) is 14.4 Å². The van der Waals surface area contributed by atoms with Gasteiger partial charge in [-0.2, -0.15) is 13.2 Å². The lowest BCUT2D eigenvalue weighted by Gasteiger charge is -2.34. The monoisotopic (exact) mass is 557 g/mol. The number of pyridine rings is 1. The number of halogens is 3. The molecule has 210 valence electrons. The van der Waals surface area contributed by atoms with Gasteiger partial charge < -0.3 is 26.5 Å². The summed E-state index contributed by atoms with van der Waals surface area (Å²) in [5.41, 5.74) is 6.23. The lowest BCUT2D eigenvalue weighted by atomic mass is 10.0. The number of nitrogens with two attached hydrogens (primary N) is 2. The van der Waals surface area contributed by atoms with Crippen molar-refractivity contribution in [3.05, 3.63) is 71.8 Å². The van der Waals surface area contributed by atoms with Gasteiger partial charge in [-0.15, -0.1) is 0 Å². The summed E-state index contributed by atoms with van der Waals surface area (Å²) in [7, 11) is 1.49. The van der Waals surface area contributed by atoms with Gasteiger partial charge in [-0.05, 0) is 37.5 Å². The van der Waals surface area contributed by atoms with Gasteiger partial charge in [-0.1, -0.05) is 12.1 Å². The number of hydrogen-bond acceptors (Lipinski definition) is 7. The van der Waals surface area contributed by atoms with Crippen LogP contribution in [-0.4, -0.2) is 57.1 Å². The molecule has 11 nitrogen and oxygen atoms in total. The molecule has 0 spiro atoms. The van der Waals surface area contributed by atoms with Crippen LogP contribution in [0, 0.1) is 0 Å². The van der Waals surface area contributed by atoms with Crippen molar-refractivity contribution in [2.45, 2.75) is 31.5 Å². The van der Waals surface area contributed by atoms with E-state index in [1.54, 1.807) is 24.3 Å². The minimum Gasteiger partial charge on any atom is -0.497 e. The van der Waals surface area contributed by atoms with E-state index in [0.29, 0.717) is 36.7 Å². The van der Waals surface area contributed by atoms with Crippen LogP contribution in [0.3, 0.4) is 0 Å². The highest BCUT2D eigenvalue weighted by Crippen LogP contribution is 2.34. The van der Waals surface area contributed by atoms with Gasteiger partial charge in [0.2, 0.25) is 5.91 Å². The molecule has 1 atom stereocenters. The maximum absolute atomic E-state index is 12.7. The molecular weight excluding hydrogens is 531 g/mol. The van der Waals surface area contributed by atoms with Crippen LogP contribution in [0.1, 0.15) is 52.0 Å². The Bertz CT molecular complexity index is 1450. The number of amides is 3. The van der Waals surface area contributed by atoms with Crippen LogP contribution in [0.15, 0.2) is 54.7 Å². The zero-order valence-corrected chi connectivity index (χ0v) is 21.3. The lowest BCUT2D eigenvalue weighted by Crippen LogP contribution is -2.40. The second kappa shape index (κ2) is 11.5. The average Bonchev–Trinajstić information content (AvgIpc) is 3.28. The summed E-state index contributed by atoms with van der Waals surface area (Å²) >= 11 is 0. The van der Waals surface area contributed by atoms with E-state index in [4.69, 9.17) is 16.3 Å². The summed E-state index contributed by atoms with van der Waals surface area (Å²) in [6, 6.07) is 8.50. The number of benzene rings is 1. The summed E-state index contributed by atoms with van der Waals surface area (Å²) in [5.74, 6) is 4.91. The molecule has 2 aromatic heterocycles. The molecule has 1 aliphatic rings. The van der Waals surface area contributed by atoms with Gasteiger partial charge in [0.1, 0.15) is 17.3 Å². The summed E-state index contributed by atoms with van der Waals surface area (Å²) in [6.45, 7) is 0.186. The Hall–Kier alpha value is -4.88. The van der Waals surface area contributed by atoms with Gasteiger partial charge in [0, 0.05) is 42.1 Å². The normalized spacial score (nSPS) is 15.7. The number of nitrogens with one attached hydrogen (secondary N) is 1. The molecule has 1 aromatic carbocycles. The highest BCUT2D eigenvalue weighted by Gasteiger charge is 2.34. The number of allylic oxidation sites excluding steroid dienone is 1. The molecule has 40 heavy (non-hydrogen) atoms. The standard InChI is InChI=1S/C26H26F3N7O4/c1-40-17-10-12-32-19(14-17)33-25(39)16-7-5-15(6-8-16)21-22(23(30)38)36(31)24(34-21)18-4-2-3-13-35(18)20(37)9-11-26(27,28)29/h5-12,14,18H,2-4,13,31H2,1H3,(H2,30,38)(H,32,33,39)/b11-9+/t18-/m0/s1. The van der Waals surface area contributed by atoms with Gasteiger partial charge in [0.25, 0.3) is 11.8 Å². The molecule has 3 aromatic rings. The topological polar surface area (TPSA) is 158 Å². The molecule has 0 saturated carbocycles. The van der Waals surface area contributed by atoms with Crippen LogP contribution in [0.5, 0.6) is 5.75 Å². The number of carbonyl (C=O) groups excluding carboxylic acids is 3. The molecule has 0 aliphatic carbocycles. The number of imidazole rings is 1. The number of methoxy groups -OCH3 is 1. The zero-order valence-electron chi connectivity index (χ0n) is 21.3. The van der Waals surface area contributed by atoms with E-state index in [9.17, 15) is 27.6 Å². The van der Waals surface area contributed by atoms with Crippen LogP contribution in [0.25, 0.3) is 11.3 Å². The first-order valence-electron chi connectivity index (χ1n) is 12.1. The summed E-state index contributed by atoms with van der Waals surface area (Å²) in [6.07, 6.45) is -1.21. The minimum atomic E-state index is -4.65. The van der Waals surface area contributed by atoms with Crippen LogP contribution in [-0.2, 0) is 4.79 Å². The molecule has 0 radical (unpaired) electrons. The van der Waals surface area contributed by atoms with Crippen LogP contribution in [0.2, 0.25) is 0 Å². The van der Waals surface area contributed by atoms with E-state index in [2.05, 4.69) is 15.3 Å². The number of primary amides is 1. The molecule has 5 N–H and O–H groups in total. The van der Waals surface area contributed by atoms with Crippen molar-refractivity contribution in [2.24, 2.45) is 5.73 Å². The van der Waals surface area contributed by atoms with E-state index < -0.39 is 29.9 Å². The maximum Gasteiger partial charge on any atom is 0.409 e. The Morgan fingerprint density at radius 3 is 2.52 bits per heavy atom. The SMILES string of the molecule is COc1ccnc(NC(=O)c2ccc(-c3nc([C@@H]4CCCCN4C(=O)/C=C/C(F)(F)F)n(N)c3C(N)=O)cc2)c1. The van der Waals surface area contributed by atoms with Gasteiger partial charge in [0.15, 0.2) is 11.5 Å². The van der Waals surface area contributed by atoms with Crippen molar-refractivity contribution in [3.8, 4) is 17.0 Å². The molecule has 3 heterocycles. The average molecular weight is 558 g/mol. The molecule has 1 fully saturated rings. The number of hydrogen-bond donors (Lipinski definition) is 3. The third-order valence-corrected chi connectivity index (χ3v) is 6.30. The number of anilines is 1. The third-order valence-electron chi connectivity index (χ3n) is 6.30. The quantitative estimate of drug-likeness (QED) is 0.297. The van der Waals surface area contributed by atoms with Crippen LogP contribution >= 0.6 is 0 Å². The number of nitrogen functional groups attached to an aromatic ring is 1. The van der Waals surface area contributed by atoms with E-state index in [-0.39, 0.29) is 41.2 Å². The van der Waals surface area contributed by atoms with Crippen LogP contribution in [0.4, 0.5) is 19.0 Å². The molecule has 14 heteroatoms. The third kappa shape index (κ3) is 6.22. The molecule has 1 saturated heterocycles. The first-order valence-corrected chi connectivity index (χ1v) is 12.1. The first-order chi connectivity index (χ1) is 19.0. The van der Waals surface area contributed by atoms with Crippen molar-refractivity contribution in [2.75, 3.05) is 24.8 Å². The van der Waals surface area contributed by atoms with Gasteiger partial charge >= 0.3 is 6.18 Å². The number of alkyl halides is 3. The van der Waals surface area contributed by atoms with E-state index in [1.165, 1.54) is 30.3 Å². The van der Waals surface area contributed by atoms with Crippen molar-refractivity contribution >= 4 is 23.5 Å². The van der Waals surface area contributed by atoms with Crippen molar-refractivity contribution < 1.29 is 32.3 Å². The number of piperidine rings is 1. The molecule has 1 aliphatic heterocycles. The number of aromatic nitrogens is 3. The maximum atomic E-state index is 12.7. The summed E-state index contributed by atoms with van der Waals surface area (Å²) < 4.78 is 44.0. The van der Waals surface area contributed by atoms with E-state index >= 15 is 0 Å². The van der Waals surface area contributed by atoms with E-state index in [1.807, 2.05) is 0 Å². The zero-order chi connectivity index (χ0) is 29.0. The summed E-state index contributed by atoms with van der Waals surface area (Å²) in [5, 5.41) is 2.66. The van der Waals surface area contributed by atoms with Crippen LogP contribution < -0.4 is 21.6 Å². The lowest BCUT2D eigenvalue weighted by molar-refractivity contribution is -0.130. The Labute approximate surface area is 226 Å². The Morgan fingerprint density at radius 2 is 1.88 bits per heavy atom. The fraction of sp³-hybridized carbons (Fsp3) is 0.269. The van der Waals surface area contributed by atoms with Crippen molar-refractivity contribution in [3.63, 3.8) is 0 Å². The second-order valence-corrected chi connectivity index (χ2v) is 8.93. The Balaban J connectivity index is 1.62. The first kappa shape index (κ1) is 28.1. The Morgan fingerprint density at radius 1 is 1.15 bits per heavy atom.